The summed E-state index contributed by atoms with van der Waals surface area (Å²) in [5.41, 5.74) is 6.79. The van der Waals surface area contributed by atoms with Crippen LogP contribution >= 0.6 is 0 Å². The molecule has 1 aromatic heterocycles. The fourth-order valence-corrected chi connectivity index (χ4v) is 1.70. The first kappa shape index (κ1) is 12.6. The molecule has 2 N–H and O–H groups in total. The van der Waals surface area contributed by atoms with Crippen LogP contribution in [0.2, 0.25) is 0 Å². The second kappa shape index (κ2) is 5.64. The molecule has 0 aliphatic heterocycles. The fourth-order valence-electron chi connectivity index (χ4n) is 1.70. The minimum atomic E-state index is -0.193. The molecule has 0 aliphatic rings. The van der Waals surface area contributed by atoms with Crippen LogP contribution in [-0.2, 0) is 0 Å². The highest BCUT2D eigenvalue weighted by Crippen LogP contribution is 2.23. The molecule has 5 nitrogen and oxygen atoms in total. The van der Waals surface area contributed by atoms with Crippen LogP contribution in [-0.4, -0.2) is 17.3 Å². The van der Waals surface area contributed by atoms with E-state index in [0.717, 1.165) is 24.2 Å². The van der Waals surface area contributed by atoms with Crippen molar-refractivity contribution >= 4 is 0 Å². The molecule has 0 spiro atoms. The standard InChI is InChI=1S/C13H17N3O2/c1-3-5-11(14)13-15-12(16-18-13)9-6-4-7-10(8-9)17-2/h4,6-8,11H,3,5,14H2,1-2H3/t11-/m1/s1. The molecular weight excluding hydrogens is 230 g/mol. The fraction of sp³-hybridized carbons (Fsp3) is 0.385. The van der Waals surface area contributed by atoms with E-state index >= 15 is 0 Å². The Kier molecular flexibility index (Phi) is 3.94. The van der Waals surface area contributed by atoms with Gasteiger partial charge < -0.3 is 15.0 Å². The van der Waals surface area contributed by atoms with Crippen molar-refractivity contribution in [3.63, 3.8) is 0 Å². The van der Waals surface area contributed by atoms with Crippen molar-refractivity contribution in [2.24, 2.45) is 5.73 Å². The zero-order valence-corrected chi connectivity index (χ0v) is 10.6. The molecular formula is C13H17N3O2. The zero-order valence-electron chi connectivity index (χ0n) is 10.6. The third-order valence-corrected chi connectivity index (χ3v) is 2.69. The second-order valence-corrected chi connectivity index (χ2v) is 4.08. The molecule has 96 valence electrons. The van der Waals surface area contributed by atoms with E-state index in [2.05, 4.69) is 17.1 Å². The Morgan fingerprint density at radius 2 is 2.28 bits per heavy atom. The van der Waals surface area contributed by atoms with Gasteiger partial charge in [-0.25, -0.2) is 0 Å². The highest BCUT2D eigenvalue weighted by molar-refractivity contribution is 5.56. The molecule has 18 heavy (non-hydrogen) atoms. The normalized spacial score (nSPS) is 12.4. The predicted molar refractivity (Wildman–Crippen MR) is 68.1 cm³/mol. The van der Waals surface area contributed by atoms with Crippen molar-refractivity contribution in [3.8, 4) is 17.1 Å². The minimum absolute atomic E-state index is 0.193. The summed E-state index contributed by atoms with van der Waals surface area (Å²) in [5.74, 6) is 1.78. The summed E-state index contributed by atoms with van der Waals surface area (Å²) in [4.78, 5) is 4.32. The maximum absolute atomic E-state index is 5.93. The van der Waals surface area contributed by atoms with Crippen molar-refractivity contribution in [1.29, 1.82) is 0 Å². The van der Waals surface area contributed by atoms with Gasteiger partial charge in [0, 0.05) is 5.56 Å². The van der Waals surface area contributed by atoms with Crippen LogP contribution in [0, 0.1) is 0 Å². The molecule has 0 fully saturated rings. The summed E-state index contributed by atoms with van der Waals surface area (Å²) in [6.45, 7) is 2.07. The second-order valence-electron chi connectivity index (χ2n) is 4.08. The molecule has 0 radical (unpaired) electrons. The number of benzene rings is 1. The topological polar surface area (TPSA) is 74.2 Å². The van der Waals surface area contributed by atoms with Crippen molar-refractivity contribution in [2.45, 2.75) is 25.8 Å². The molecule has 0 amide bonds. The molecule has 0 saturated heterocycles. The van der Waals surface area contributed by atoms with Gasteiger partial charge in [-0.15, -0.1) is 0 Å². The number of nitrogens with zero attached hydrogens (tertiary/aromatic N) is 2. The number of hydrogen-bond acceptors (Lipinski definition) is 5. The lowest BCUT2D eigenvalue weighted by molar-refractivity contribution is 0.348. The quantitative estimate of drug-likeness (QED) is 0.878. The van der Waals surface area contributed by atoms with Crippen LogP contribution in [0.5, 0.6) is 5.75 Å². The molecule has 1 heterocycles. The van der Waals surface area contributed by atoms with E-state index in [1.807, 2.05) is 24.3 Å². The molecule has 0 aliphatic carbocycles. The molecule has 5 heteroatoms. The van der Waals surface area contributed by atoms with E-state index in [9.17, 15) is 0 Å². The number of rotatable bonds is 5. The summed E-state index contributed by atoms with van der Waals surface area (Å²) >= 11 is 0. The van der Waals surface area contributed by atoms with Crippen molar-refractivity contribution in [3.05, 3.63) is 30.2 Å². The molecule has 2 rings (SSSR count). The van der Waals surface area contributed by atoms with E-state index in [1.165, 1.54) is 0 Å². The molecule has 1 aromatic carbocycles. The first-order chi connectivity index (χ1) is 8.74. The van der Waals surface area contributed by atoms with Crippen LogP contribution in [0.4, 0.5) is 0 Å². The smallest absolute Gasteiger partial charge is 0.243 e. The molecule has 0 saturated carbocycles. The molecule has 1 atom stereocenters. The Balaban J connectivity index is 2.23. The van der Waals surface area contributed by atoms with Gasteiger partial charge in [0.1, 0.15) is 5.75 Å². The number of hydrogen-bond donors (Lipinski definition) is 1. The van der Waals surface area contributed by atoms with Crippen LogP contribution < -0.4 is 10.5 Å². The number of methoxy groups -OCH3 is 1. The highest BCUT2D eigenvalue weighted by Gasteiger charge is 2.15. The lowest BCUT2D eigenvalue weighted by Gasteiger charge is -2.02. The monoisotopic (exact) mass is 247 g/mol. The van der Waals surface area contributed by atoms with Crippen LogP contribution in [0.3, 0.4) is 0 Å². The van der Waals surface area contributed by atoms with Gasteiger partial charge in [0.2, 0.25) is 11.7 Å². The van der Waals surface area contributed by atoms with Crippen molar-refractivity contribution < 1.29 is 9.26 Å². The van der Waals surface area contributed by atoms with Gasteiger partial charge in [0.05, 0.1) is 13.2 Å². The van der Waals surface area contributed by atoms with Gasteiger partial charge in [-0.1, -0.05) is 30.6 Å². The van der Waals surface area contributed by atoms with E-state index in [1.54, 1.807) is 7.11 Å². The minimum Gasteiger partial charge on any atom is -0.497 e. The Labute approximate surface area is 106 Å². The van der Waals surface area contributed by atoms with Crippen LogP contribution in [0.1, 0.15) is 31.7 Å². The zero-order chi connectivity index (χ0) is 13.0. The van der Waals surface area contributed by atoms with E-state index in [-0.39, 0.29) is 6.04 Å². The predicted octanol–water partition coefficient (Wildman–Crippen LogP) is 2.55. The molecule has 0 unspecified atom stereocenters. The summed E-state index contributed by atoms with van der Waals surface area (Å²) in [7, 11) is 1.62. The third-order valence-electron chi connectivity index (χ3n) is 2.69. The number of nitrogens with two attached hydrogens (primary N) is 1. The summed E-state index contributed by atoms with van der Waals surface area (Å²) in [5, 5.41) is 3.94. The maximum Gasteiger partial charge on any atom is 0.243 e. The van der Waals surface area contributed by atoms with Crippen LogP contribution in [0.25, 0.3) is 11.4 Å². The van der Waals surface area contributed by atoms with Gasteiger partial charge in [-0.2, -0.15) is 4.98 Å². The molecule has 0 bridgehead atoms. The van der Waals surface area contributed by atoms with Crippen molar-refractivity contribution in [1.82, 2.24) is 10.1 Å². The highest BCUT2D eigenvalue weighted by atomic mass is 16.5. The summed E-state index contributed by atoms with van der Waals surface area (Å²) in [6.07, 6.45) is 1.82. The van der Waals surface area contributed by atoms with Gasteiger partial charge >= 0.3 is 0 Å². The molecule has 2 aromatic rings. The number of aromatic nitrogens is 2. The first-order valence-electron chi connectivity index (χ1n) is 5.98. The average molecular weight is 247 g/mol. The summed E-state index contributed by atoms with van der Waals surface area (Å²) < 4.78 is 10.3. The summed E-state index contributed by atoms with van der Waals surface area (Å²) in [6, 6.07) is 7.33. The van der Waals surface area contributed by atoms with E-state index < -0.39 is 0 Å². The SMILES string of the molecule is CCC[C@@H](N)c1nc(-c2cccc(OC)c2)no1. The average Bonchev–Trinajstić information content (AvgIpc) is 2.89. The lowest BCUT2D eigenvalue weighted by atomic mass is 10.2. The Morgan fingerprint density at radius 3 is 3.00 bits per heavy atom. The van der Waals surface area contributed by atoms with E-state index in [0.29, 0.717) is 11.7 Å². The van der Waals surface area contributed by atoms with Gasteiger partial charge in [-0.05, 0) is 18.6 Å². The van der Waals surface area contributed by atoms with Gasteiger partial charge in [0.15, 0.2) is 0 Å². The van der Waals surface area contributed by atoms with Gasteiger partial charge in [-0.3, -0.25) is 0 Å². The Hall–Kier alpha value is -1.88. The Morgan fingerprint density at radius 1 is 1.44 bits per heavy atom. The third kappa shape index (κ3) is 2.68. The van der Waals surface area contributed by atoms with Crippen molar-refractivity contribution in [2.75, 3.05) is 7.11 Å². The van der Waals surface area contributed by atoms with Gasteiger partial charge in [0.25, 0.3) is 0 Å². The largest absolute Gasteiger partial charge is 0.497 e. The van der Waals surface area contributed by atoms with E-state index in [4.69, 9.17) is 15.0 Å². The lowest BCUT2D eigenvalue weighted by Crippen LogP contribution is -2.09. The van der Waals surface area contributed by atoms with Crippen LogP contribution in [0.15, 0.2) is 28.8 Å². The first-order valence-corrected chi connectivity index (χ1v) is 5.98. The maximum atomic E-state index is 5.93. The number of ether oxygens (including phenoxy) is 1. The Bertz CT molecular complexity index is 510.